The van der Waals surface area contributed by atoms with E-state index in [1.54, 1.807) is 7.11 Å². The molecule has 0 fully saturated rings. The fraction of sp³-hybridized carbons (Fsp3) is 1.00. The number of hydrogen-bond donors (Lipinski definition) is 1. The summed E-state index contributed by atoms with van der Waals surface area (Å²) in [6.45, 7) is 9.00. The topological polar surface area (TPSA) is 29.5 Å². The van der Waals surface area contributed by atoms with Gasteiger partial charge in [0.25, 0.3) is 0 Å². The SMILES string of the molecule is COCC(C)C(C(C)C)C(C)O. The van der Waals surface area contributed by atoms with Crippen molar-refractivity contribution in [3.63, 3.8) is 0 Å². The van der Waals surface area contributed by atoms with Gasteiger partial charge in [-0.25, -0.2) is 0 Å². The molecule has 0 aliphatic heterocycles. The van der Waals surface area contributed by atoms with Gasteiger partial charge < -0.3 is 9.84 Å². The maximum absolute atomic E-state index is 9.52. The van der Waals surface area contributed by atoms with Crippen LogP contribution in [-0.2, 0) is 4.74 Å². The van der Waals surface area contributed by atoms with Gasteiger partial charge in [0.05, 0.1) is 6.10 Å². The van der Waals surface area contributed by atoms with E-state index >= 15 is 0 Å². The lowest BCUT2D eigenvalue weighted by molar-refractivity contribution is 0.0288. The summed E-state index contributed by atoms with van der Waals surface area (Å²) in [7, 11) is 1.70. The molecule has 3 atom stereocenters. The molecule has 2 nitrogen and oxygen atoms in total. The third-order valence-corrected chi connectivity index (χ3v) is 2.41. The molecule has 0 saturated heterocycles. The zero-order chi connectivity index (χ0) is 9.72. The van der Waals surface area contributed by atoms with Crippen LogP contribution in [0.5, 0.6) is 0 Å². The summed E-state index contributed by atoms with van der Waals surface area (Å²) >= 11 is 0. The lowest BCUT2D eigenvalue weighted by Gasteiger charge is -2.29. The van der Waals surface area contributed by atoms with Gasteiger partial charge in [-0.1, -0.05) is 20.8 Å². The normalized spacial score (nSPS) is 19.2. The summed E-state index contributed by atoms with van der Waals surface area (Å²) in [5.41, 5.74) is 0. The molecule has 0 aromatic rings. The molecule has 12 heavy (non-hydrogen) atoms. The van der Waals surface area contributed by atoms with Crippen molar-refractivity contribution in [1.29, 1.82) is 0 Å². The zero-order valence-electron chi connectivity index (χ0n) is 8.87. The van der Waals surface area contributed by atoms with Crippen LogP contribution < -0.4 is 0 Å². The van der Waals surface area contributed by atoms with E-state index in [1.165, 1.54) is 0 Å². The summed E-state index contributed by atoms with van der Waals surface area (Å²) in [5, 5.41) is 9.52. The molecule has 74 valence electrons. The monoisotopic (exact) mass is 174 g/mol. The third kappa shape index (κ3) is 3.55. The predicted molar refractivity (Wildman–Crippen MR) is 51.0 cm³/mol. The van der Waals surface area contributed by atoms with Crippen molar-refractivity contribution in [3.05, 3.63) is 0 Å². The molecule has 0 spiro atoms. The van der Waals surface area contributed by atoms with Gasteiger partial charge >= 0.3 is 0 Å². The van der Waals surface area contributed by atoms with E-state index in [0.717, 1.165) is 6.61 Å². The number of hydrogen-bond acceptors (Lipinski definition) is 2. The molecule has 2 heteroatoms. The molecule has 0 bridgehead atoms. The second-order valence-electron chi connectivity index (χ2n) is 3.99. The summed E-state index contributed by atoms with van der Waals surface area (Å²) < 4.78 is 5.07. The molecule has 0 radical (unpaired) electrons. The van der Waals surface area contributed by atoms with Crippen LogP contribution in [0.3, 0.4) is 0 Å². The Morgan fingerprint density at radius 1 is 1.17 bits per heavy atom. The van der Waals surface area contributed by atoms with Crippen LogP contribution in [0.2, 0.25) is 0 Å². The molecule has 0 amide bonds. The number of aliphatic hydroxyl groups excluding tert-OH is 1. The first-order valence-electron chi connectivity index (χ1n) is 4.67. The lowest BCUT2D eigenvalue weighted by atomic mass is 9.81. The van der Waals surface area contributed by atoms with Gasteiger partial charge in [-0.2, -0.15) is 0 Å². The molecule has 0 aromatic heterocycles. The predicted octanol–water partition coefficient (Wildman–Crippen LogP) is 1.92. The first kappa shape index (κ1) is 11.9. The van der Waals surface area contributed by atoms with E-state index in [1.807, 2.05) is 6.92 Å². The standard InChI is InChI=1S/C10H22O2/c1-7(2)10(9(4)11)8(3)6-12-5/h7-11H,6H2,1-5H3. The first-order chi connectivity index (χ1) is 5.50. The highest BCUT2D eigenvalue weighted by Crippen LogP contribution is 2.24. The Morgan fingerprint density at radius 2 is 1.67 bits per heavy atom. The zero-order valence-corrected chi connectivity index (χ0v) is 8.87. The molecule has 1 N–H and O–H groups in total. The number of aliphatic hydroxyl groups is 1. The Labute approximate surface area is 75.9 Å². The number of methoxy groups -OCH3 is 1. The van der Waals surface area contributed by atoms with Crippen LogP contribution in [0.1, 0.15) is 27.7 Å². The van der Waals surface area contributed by atoms with Gasteiger partial charge in [0.1, 0.15) is 0 Å². The van der Waals surface area contributed by atoms with Crippen molar-refractivity contribution in [2.45, 2.75) is 33.8 Å². The van der Waals surface area contributed by atoms with Gasteiger partial charge in [-0.05, 0) is 24.7 Å². The third-order valence-electron chi connectivity index (χ3n) is 2.41. The van der Waals surface area contributed by atoms with E-state index < -0.39 is 0 Å². The average molecular weight is 174 g/mol. The largest absolute Gasteiger partial charge is 0.393 e. The quantitative estimate of drug-likeness (QED) is 0.690. The van der Waals surface area contributed by atoms with Crippen molar-refractivity contribution in [2.75, 3.05) is 13.7 Å². The van der Waals surface area contributed by atoms with Gasteiger partial charge in [-0.3, -0.25) is 0 Å². The molecule has 3 unspecified atom stereocenters. The van der Waals surface area contributed by atoms with Crippen molar-refractivity contribution in [3.8, 4) is 0 Å². The van der Waals surface area contributed by atoms with Crippen LogP contribution in [0.15, 0.2) is 0 Å². The Bertz CT molecular complexity index is 102. The highest BCUT2D eigenvalue weighted by Gasteiger charge is 2.24. The molecule has 0 aliphatic rings. The van der Waals surface area contributed by atoms with Crippen LogP contribution in [0.4, 0.5) is 0 Å². The molecule has 0 aliphatic carbocycles. The smallest absolute Gasteiger partial charge is 0.0546 e. The molecule has 0 saturated carbocycles. The molecule has 0 heterocycles. The van der Waals surface area contributed by atoms with Gasteiger partial charge in [0.2, 0.25) is 0 Å². The van der Waals surface area contributed by atoms with Crippen LogP contribution >= 0.6 is 0 Å². The van der Waals surface area contributed by atoms with Crippen molar-refractivity contribution in [1.82, 2.24) is 0 Å². The molecule has 0 aromatic carbocycles. The maximum Gasteiger partial charge on any atom is 0.0546 e. The van der Waals surface area contributed by atoms with E-state index in [9.17, 15) is 5.11 Å². The fourth-order valence-electron chi connectivity index (χ4n) is 2.06. The van der Waals surface area contributed by atoms with Gasteiger partial charge in [0.15, 0.2) is 0 Å². The highest BCUT2D eigenvalue weighted by molar-refractivity contribution is 4.73. The van der Waals surface area contributed by atoms with Crippen LogP contribution in [-0.4, -0.2) is 24.9 Å². The van der Waals surface area contributed by atoms with Crippen LogP contribution in [0, 0.1) is 17.8 Å². The van der Waals surface area contributed by atoms with E-state index in [2.05, 4.69) is 20.8 Å². The highest BCUT2D eigenvalue weighted by atomic mass is 16.5. The molecular formula is C10H22O2. The molecular weight excluding hydrogens is 152 g/mol. The summed E-state index contributed by atoms with van der Waals surface area (Å²) in [5.74, 6) is 1.27. The Balaban J connectivity index is 4.09. The first-order valence-corrected chi connectivity index (χ1v) is 4.67. The Kier molecular flexibility index (Phi) is 5.51. The second kappa shape index (κ2) is 5.55. The molecule has 0 rings (SSSR count). The van der Waals surface area contributed by atoms with E-state index in [0.29, 0.717) is 17.8 Å². The minimum absolute atomic E-state index is 0.241. The Morgan fingerprint density at radius 3 is 1.92 bits per heavy atom. The Hall–Kier alpha value is -0.0800. The van der Waals surface area contributed by atoms with Gasteiger partial charge in [0, 0.05) is 13.7 Å². The lowest BCUT2D eigenvalue weighted by Crippen LogP contribution is -2.31. The van der Waals surface area contributed by atoms with Crippen molar-refractivity contribution >= 4 is 0 Å². The fourth-order valence-corrected chi connectivity index (χ4v) is 2.06. The maximum atomic E-state index is 9.52. The van der Waals surface area contributed by atoms with Crippen molar-refractivity contribution in [2.24, 2.45) is 17.8 Å². The minimum Gasteiger partial charge on any atom is -0.393 e. The second-order valence-corrected chi connectivity index (χ2v) is 3.99. The summed E-state index contributed by atoms with van der Waals surface area (Å²) in [6, 6.07) is 0. The number of ether oxygens (including phenoxy) is 1. The average Bonchev–Trinajstić information content (AvgIpc) is 1.85. The number of rotatable bonds is 5. The van der Waals surface area contributed by atoms with E-state index in [4.69, 9.17) is 4.74 Å². The van der Waals surface area contributed by atoms with E-state index in [-0.39, 0.29) is 6.10 Å². The minimum atomic E-state index is -0.241. The summed E-state index contributed by atoms with van der Waals surface area (Å²) in [6.07, 6.45) is -0.241. The summed E-state index contributed by atoms with van der Waals surface area (Å²) in [4.78, 5) is 0. The van der Waals surface area contributed by atoms with Crippen LogP contribution in [0.25, 0.3) is 0 Å². The van der Waals surface area contributed by atoms with Gasteiger partial charge in [-0.15, -0.1) is 0 Å². The van der Waals surface area contributed by atoms with Crippen molar-refractivity contribution < 1.29 is 9.84 Å².